The molecule has 0 unspecified atom stereocenters. The van der Waals surface area contributed by atoms with Gasteiger partial charge in [-0.3, -0.25) is 4.40 Å². The van der Waals surface area contributed by atoms with Gasteiger partial charge in [0.2, 0.25) is 11.8 Å². The molecule has 3 heterocycles. The van der Waals surface area contributed by atoms with Gasteiger partial charge in [-0.25, -0.2) is 14.4 Å². The van der Waals surface area contributed by atoms with Gasteiger partial charge in [0.25, 0.3) is 0 Å². The summed E-state index contributed by atoms with van der Waals surface area (Å²) in [5.74, 6) is 0.880. The van der Waals surface area contributed by atoms with Crippen molar-refractivity contribution in [2.75, 3.05) is 7.11 Å². The Morgan fingerprint density at radius 1 is 1.14 bits per heavy atom. The van der Waals surface area contributed by atoms with Gasteiger partial charge in [-0.05, 0) is 31.5 Å². The van der Waals surface area contributed by atoms with Crippen molar-refractivity contribution in [3.05, 3.63) is 52.7 Å². The van der Waals surface area contributed by atoms with E-state index in [9.17, 15) is 4.39 Å². The van der Waals surface area contributed by atoms with Gasteiger partial charge in [-0.1, -0.05) is 24.6 Å². The number of ether oxygens (including phenoxy) is 2. The number of halogens is 2. The van der Waals surface area contributed by atoms with Gasteiger partial charge < -0.3 is 9.47 Å². The van der Waals surface area contributed by atoms with E-state index in [4.69, 9.17) is 21.1 Å². The van der Waals surface area contributed by atoms with Gasteiger partial charge in [-0.15, -0.1) is 0 Å². The Kier molecular flexibility index (Phi) is 4.77. The van der Waals surface area contributed by atoms with Crippen molar-refractivity contribution < 1.29 is 13.9 Å². The molecule has 144 valence electrons. The van der Waals surface area contributed by atoms with Crippen molar-refractivity contribution in [1.82, 2.24) is 19.4 Å². The van der Waals surface area contributed by atoms with Crippen LogP contribution in [0.5, 0.6) is 17.5 Å². The summed E-state index contributed by atoms with van der Waals surface area (Å²) in [6, 6.07) is 7.87. The first-order valence-corrected chi connectivity index (χ1v) is 9.25. The molecule has 1 aromatic carbocycles. The molecule has 0 aliphatic rings. The van der Waals surface area contributed by atoms with Crippen LogP contribution in [0.15, 0.2) is 30.3 Å². The van der Waals surface area contributed by atoms with Crippen LogP contribution < -0.4 is 9.47 Å². The minimum atomic E-state index is -0.564. The van der Waals surface area contributed by atoms with Crippen molar-refractivity contribution in [2.24, 2.45) is 0 Å². The Labute approximate surface area is 165 Å². The number of benzene rings is 1. The number of aryl methyl sites for hydroxylation is 2. The van der Waals surface area contributed by atoms with Crippen LogP contribution >= 0.6 is 11.6 Å². The lowest BCUT2D eigenvalue weighted by atomic mass is 10.3. The van der Waals surface area contributed by atoms with Gasteiger partial charge in [0.15, 0.2) is 17.2 Å². The monoisotopic (exact) mass is 400 g/mol. The highest BCUT2D eigenvalue weighted by molar-refractivity contribution is 6.32. The lowest BCUT2D eigenvalue weighted by Gasteiger charge is -2.12. The number of fused-ring (bicyclic) bond motifs is 3. The highest BCUT2D eigenvalue weighted by Gasteiger charge is 2.21. The van der Waals surface area contributed by atoms with Crippen LogP contribution in [-0.2, 0) is 6.42 Å². The molecule has 0 fully saturated rings. The number of imidazole rings is 1. The first-order chi connectivity index (χ1) is 13.5. The second-order valence-corrected chi connectivity index (χ2v) is 6.72. The molecule has 6 nitrogen and oxygen atoms in total. The van der Waals surface area contributed by atoms with Gasteiger partial charge in [0, 0.05) is 12.5 Å². The molecule has 28 heavy (non-hydrogen) atoms. The summed E-state index contributed by atoms with van der Waals surface area (Å²) in [6.07, 6.45) is 1.65. The van der Waals surface area contributed by atoms with E-state index in [0.717, 1.165) is 18.7 Å². The maximum absolute atomic E-state index is 14.3. The van der Waals surface area contributed by atoms with E-state index in [-0.39, 0.29) is 16.7 Å². The maximum atomic E-state index is 14.3. The Balaban J connectivity index is 2.03. The van der Waals surface area contributed by atoms with Crippen molar-refractivity contribution in [3.8, 4) is 17.5 Å². The lowest BCUT2D eigenvalue weighted by Crippen LogP contribution is -2.03. The fourth-order valence-electron chi connectivity index (χ4n) is 3.16. The van der Waals surface area contributed by atoms with E-state index >= 15 is 0 Å². The molecule has 4 aromatic rings. The minimum absolute atomic E-state index is 0.0722. The van der Waals surface area contributed by atoms with E-state index < -0.39 is 5.82 Å². The topological polar surface area (TPSA) is 61.5 Å². The number of nitrogens with zero attached hydrogens (tertiary/aromatic N) is 4. The van der Waals surface area contributed by atoms with Crippen LogP contribution in [0.4, 0.5) is 4.39 Å². The highest BCUT2D eigenvalue weighted by atomic mass is 35.5. The van der Waals surface area contributed by atoms with Crippen LogP contribution in [-0.4, -0.2) is 26.5 Å². The largest absolute Gasteiger partial charge is 0.481 e. The quantitative estimate of drug-likeness (QED) is 0.464. The first-order valence-electron chi connectivity index (χ1n) is 8.88. The zero-order valence-electron chi connectivity index (χ0n) is 15.7. The van der Waals surface area contributed by atoms with E-state index in [0.29, 0.717) is 28.3 Å². The number of pyridine rings is 1. The standard InChI is InChI=1S/C20H18ClFN4O2/c1-4-6-15-23-11(2)17-20(28-18-12(21)7-5-8-13(18)22)24-14-9-10-16(27-3)25-19(14)26(15)17/h5,7-10H,4,6H2,1-3H3. The molecule has 8 heteroatoms. The van der Waals surface area contributed by atoms with E-state index in [1.54, 1.807) is 25.3 Å². The average molecular weight is 401 g/mol. The predicted molar refractivity (Wildman–Crippen MR) is 105 cm³/mol. The molecule has 3 aromatic heterocycles. The van der Waals surface area contributed by atoms with Gasteiger partial charge in [0.05, 0.1) is 17.8 Å². The number of methoxy groups -OCH3 is 1. The summed E-state index contributed by atoms with van der Waals surface area (Å²) in [5, 5.41) is 0.166. The highest BCUT2D eigenvalue weighted by Crippen LogP contribution is 2.35. The van der Waals surface area contributed by atoms with Crippen LogP contribution in [0.25, 0.3) is 16.7 Å². The molecule has 0 atom stereocenters. The third-order valence-corrected chi connectivity index (χ3v) is 4.68. The Bertz CT molecular complexity index is 1170. The zero-order valence-corrected chi connectivity index (χ0v) is 16.4. The lowest BCUT2D eigenvalue weighted by molar-refractivity contribution is 0.399. The molecule has 4 rings (SSSR count). The summed E-state index contributed by atoms with van der Waals surface area (Å²) in [7, 11) is 1.56. The molecule has 0 saturated heterocycles. The third-order valence-electron chi connectivity index (χ3n) is 4.39. The Morgan fingerprint density at radius 2 is 1.96 bits per heavy atom. The summed E-state index contributed by atoms with van der Waals surface area (Å²) in [5.41, 5.74) is 2.51. The number of hydrogen-bond acceptors (Lipinski definition) is 5. The molecule has 0 aliphatic carbocycles. The Morgan fingerprint density at radius 3 is 2.68 bits per heavy atom. The SMILES string of the molecule is CCCc1nc(C)c2c(Oc3c(F)cccc3Cl)nc3ccc(OC)nc3n12. The molecular weight excluding hydrogens is 383 g/mol. The molecule has 0 radical (unpaired) electrons. The van der Waals surface area contributed by atoms with Crippen molar-refractivity contribution >= 4 is 28.3 Å². The average Bonchev–Trinajstić information content (AvgIpc) is 3.01. The predicted octanol–water partition coefficient (Wildman–Crippen LogP) is 5.13. The van der Waals surface area contributed by atoms with Crippen LogP contribution in [0.3, 0.4) is 0 Å². The Hall–Kier alpha value is -2.93. The maximum Gasteiger partial charge on any atom is 0.246 e. The molecule has 0 amide bonds. The third kappa shape index (κ3) is 3.01. The van der Waals surface area contributed by atoms with Crippen LogP contribution in [0.1, 0.15) is 24.9 Å². The molecular formula is C20H18ClFN4O2. The minimum Gasteiger partial charge on any atom is -0.481 e. The van der Waals surface area contributed by atoms with Crippen molar-refractivity contribution in [2.45, 2.75) is 26.7 Å². The summed E-state index contributed by atoms with van der Waals surface area (Å²) >= 11 is 6.14. The second kappa shape index (κ2) is 7.24. The van der Waals surface area contributed by atoms with Gasteiger partial charge in [-0.2, -0.15) is 4.98 Å². The molecule has 0 spiro atoms. The zero-order chi connectivity index (χ0) is 19.8. The molecule has 0 N–H and O–H groups in total. The van der Waals surface area contributed by atoms with Crippen molar-refractivity contribution in [3.63, 3.8) is 0 Å². The first kappa shape index (κ1) is 18.4. The number of para-hydroxylation sites is 1. The van der Waals surface area contributed by atoms with Gasteiger partial charge in [0.1, 0.15) is 16.9 Å². The summed E-state index contributed by atoms with van der Waals surface area (Å²) < 4.78 is 27.3. The smallest absolute Gasteiger partial charge is 0.246 e. The second-order valence-electron chi connectivity index (χ2n) is 6.31. The number of aromatic nitrogens is 4. The van der Waals surface area contributed by atoms with Crippen LogP contribution in [0, 0.1) is 12.7 Å². The molecule has 0 saturated carbocycles. The summed E-state index contributed by atoms with van der Waals surface area (Å²) in [4.78, 5) is 13.8. The fraction of sp³-hybridized carbons (Fsp3) is 0.250. The summed E-state index contributed by atoms with van der Waals surface area (Å²) in [6.45, 7) is 3.93. The number of hydrogen-bond donors (Lipinski definition) is 0. The van der Waals surface area contributed by atoms with E-state index in [1.165, 1.54) is 12.1 Å². The fourth-order valence-corrected chi connectivity index (χ4v) is 3.36. The van der Waals surface area contributed by atoms with E-state index in [1.807, 2.05) is 11.3 Å². The van der Waals surface area contributed by atoms with Crippen LogP contribution in [0.2, 0.25) is 5.02 Å². The number of rotatable bonds is 5. The van der Waals surface area contributed by atoms with Gasteiger partial charge >= 0.3 is 0 Å². The molecule has 0 bridgehead atoms. The van der Waals surface area contributed by atoms with Crippen molar-refractivity contribution in [1.29, 1.82) is 0 Å². The molecule has 0 aliphatic heterocycles. The normalized spacial score (nSPS) is 11.3. The van der Waals surface area contributed by atoms with E-state index in [2.05, 4.69) is 21.9 Å².